The molecule has 168 valence electrons. The molecule has 0 spiro atoms. The van der Waals surface area contributed by atoms with Gasteiger partial charge < -0.3 is 27.0 Å². The van der Waals surface area contributed by atoms with Crippen molar-refractivity contribution in [3.8, 4) is 0 Å². The van der Waals surface area contributed by atoms with Crippen molar-refractivity contribution >= 4 is 0 Å². The van der Waals surface area contributed by atoms with E-state index in [1.807, 2.05) is 6.61 Å². The summed E-state index contributed by atoms with van der Waals surface area (Å²) in [6.45, 7) is 2.81. The van der Waals surface area contributed by atoms with Gasteiger partial charge in [0.15, 0.2) is 0 Å². The molecule has 6 unspecified atom stereocenters. The standard InChI is InChI=1S/C20H34.C4H7O.3CH3.Zr/c1-3-7-19-15(5-1)9-11-17(19)13-14-18-12-10-16-6-2-4-8-20(16)18;1-2-4-5-3-1;;;;/h15-20H,1-14H2;3H,1-2,4H2;3*1H3;/q;4*-1;+4. The molecule has 6 atom stereocenters. The van der Waals surface area contributed by atoms with E-state index in [0.29, 0.717) is 0 Å². The summed E-state index contributed by atoms with van der Waals surface area (Å²) in [5.41, 5.74) is 0. The van der Waals surface area contributed by atoms with Crippen molar-refractivity contribution < 1.29 is 30.9 Å². The SMILES string of the molecule is C1CCC2C(C1)CCC2CCC1CCC2CCCCC21.[CH-]1CCCO1.[CH3-].[CH3-].[CH3-].[Zr+4]. The third kappa shape index (κ3) is 8.04. The van der Waals surface area contributed by atoms with Crippen molar-refractivity contribution in [3.05, 3.63) is 28.9 Å². The van der Waals surface area contributed by atoms with Crippen LogP contribution in [0.15, 0.2) is 0 Å². The van der Waals surface area contributed by atoms with Crippen LogP contribution in [-0.2, 0) is 30.9 Å². The quantitative estimate of drug-likeness (QED) is 0.367. The molecule has 1 aliphatic heterocycles. The molecule has 29 heavy (non-hydrogen) atoms. The van der Waals surface area contributed by atoms with E-state index in [1.54, 1.807) is 89.9 Å². The third-order valence-electron chi connectivity index (χ3n) is 8.57. The van der Waals surface area contributed by atoms with Gasteiger partial charge in [-0.2, -0.15) is 6.42 Å². The van der Waals surface area contributed by atoms with Gasteiger partial charge in [-0.25, -0.2) is 6.61 Å². The molecule has 0 aromatic heterocycles. The van der Waals surface area contributed by atoms with Crippen LogP contribution in [0.25, 0.3) is 0 Å². The molecule has 0 bridgehead atoms. The summed E-state index contributed by atoms with van der Waals surface area (Å²) in [6.07, 6.45) is 24.5. The molecule has 5 fully saturated rings. The molecule has 0 aromatic carbocycles. The number of hydrogen-bond acceptors (Lipinski definition) is 1. The first-order valence-corrected chi connectivity index (χ1v) is 11.8. The molecule has 2 heteroatoms. The summed E-state index contributed by atoms with van der Waals surface area (Å²) < 4.78 is 4.82. The van der Waals surface area contributed by atoms with Crippen molar-refractivity contribution in [3.63, 3.8) is 0 Å². The Bertz CT molecular complexity index is 354. The number of ether oxygens (including phenoxy) is 1. The first kappa shape index (κ1) is 29.8. The van der Waals surface area contributed by atoms with Gasteiger partial charge in [-0.3, -0.25) is 0 Å². The smallest absolute Gasteiger partial charge is 0.552 e. The molecule has 1 heterocycles. The summed E-state index contributed by atoms with van der Waals surface area (Å²) >= 11 is 0. The van der Waals surface area contributed by atoms with Crippen LogP contribution in [0, 0.1) is 64.4 Å². The Hall–Kier alpha value is 0.843. The minimum atomic E-state index is 0. The molecule has 5 aliphatic rings. The van der Waals surface area contributed by atoms with Crippen LogP contribution in [0.1, 0.15) is 103 Å². The Morgan fingerprint density at radius 3 is 1.45 bits per heavy atom. The summed E-state index contributed by atoms with van der Waals surface area (Å²) in [5, 5.41) is 0. The molecule has 1 saturated heterocycles. The maximum atomic E-state index is 4.82. The van der Waals surface area contributed by atoms with E-state index >= 15 is 0 Å². The van der Waals surface area contributed by atoms with Crippen molar-refractivity contribution in [1.29, 1.82) is 0 Å². The average molecular weight is 482 g/mol. The van der Waals surface area contributed by atoms with Gasteiger partial charge in [0.05, 0.1) is 0 Å². The summed E-state index contributed by atoms with van der Waals surface area (Å²) in [6, 6.07) is 0. The molecule has 0 N–H and O–H groups in total. The van der Waals surface area contributed by atoms with E-state index in [1.165, 1.54) is 6.42 Å². The van der Waals surface area contributed by atoms with Gasteiger partial charge in [0.2, 0.25) is 0 Å². The molecule has 1 nitrogen and oxygen atoms in total. The fraction of sp³-hybridized carbons (Fsp3) is 0.852. The van der Waals surface area contributed by atoms with Gasteiger partial charge in [-0.1, -0.05) is 44.9 Å². The molecular weight excluding hydrogens is 432 g/mol. The van der Waals surface area contributed by atoms with Crippen LogP contribution in [0.4, 0.5) is 0 Å². The molecular formula is C27H50OZr. The van der Waals surface area contributed by atoms with Crippen LogP contribution in [0.5, 0.6) is 0 Å². The molecule has 0 radical (unpaired) electrons. The summed E-state index contributed by atoms with van der Waals surface area (Å²) in [5.74, 6) is 6.91. The van der Waals surface area contributed by atoms with E-state index in [4.69, 9.17) is 4.74 Å². The Morgan fingerprint density at radius 1 is 0.586 bits per heavy atom. The van der Waals surface area contributed by atoms with E-state index < -0.39 is 0 Å². The second kappa shape index (κ2) is 15.6. The maximum absolute atomic E-state index is 4.82. The normalized spacial score (nSPS) is 37.2. The van der Waals surface area contributed by atoms with Crippen molar-refractivity contribution in [1.82, 2.24) is 0 Å². The molecule has 5 rings (SSSR count). The average Bonchev–Trinajstić information content (AvgIpc) is 3.41. The third-order valence-corrected chi connectivity index (χ3v) is 8.57. The van der Waals surface area contributed by atoms with Crippen LogP contribution in [0.3, 0.4) is 0 Å². The zero-order valence-electron chi connectivity index (χ0n) is 20.0. The first-order valence-electron chi connectivity index (χ1n) is 11.8. The molecule has 4 saturated carbocycles. The second-order valence-corrected chi connectivity index (χ2v) is 9.85. The van der Waals surface area contributed by atoms with Crippen LogP contribution in [0.2, 0.25) is 0 Å². The van der Waals surface area contributed by atoms with Crippen molar-refractivity contribution in [2.75, 3.05) is 6.61 Å². The van der Waals surface area contributed by atoms with Crippen LogP contribution in [-0.4, -0.2) is 6.61 Å². The van der Waals surface area contributed by atoms with Gasteiger partial charge in [0, 0.05) is 6.61 Å². The zero-order chi connectivity index (χ0) is 16.9. The fourth-order valence-corrected chi connectivity index (χ4v) is 7.28. The van der Waals surface area contributed by atoms with Gasteiger partial charge >= 0.3 is 26.2 Å². The second-order valence-electron chi connectivity index (χ2n) is 9.85. The Morgan fingerprint density at radius 2 is 1.07 bits per heavy atom. The number of fused-ring (bicyclic) bond motifs is 2. The fourth-order valence-electron chi connectivity index (χ4n) is 7.28. The van der Waals surface area contributed by atoms with Crippen LogP contribution < -0.4 is 0 Å². The van der Waals surface area contributed by atoms with E-state index in [2.05, 4.69) is 0 Å². The number of rotatable bonds is 3. The Labute approximate surface area is 204 Å². The Kier molecular flexibility index (Phi) is 16.1. The van der Waals surface area contributed by atoms with E-state index in [0.717, 1.165) is 48.5 Å². The van der Waals surface area contributed by atoms with Crippen LogP contribution >= 0.6 is 0 Å². The minimum absolute atomic E-state index is 0. The van der Waals surface area contributed by atoms with Gasteiger partial charge in [0.25, 0.3) is 0 Å². The minimum Gasteiger partial charge on any atom is -0.552 e. The Balaban J connectivity index is 0.000000774. The maximum Gasteiger partial charge on any atom is 4.00 e. The van der Waals surface area contributed by atoms with Crippen molar-refractivity contribution in [2.45, 2.75) is 103 Å². The van der Waals surface area contributed by atoms with E-state index in [-0.39, 0.29) is 48.5 Å². The van der Waals surface area contributed by atoms with E-state index in [9.17, 15) is 0 Å². The number of hydrogen-bond donors (Lipinski definition) is 0. The summed E-state index contributed by atoms with van der Waals surface area (Å²) in [4.78, 5) is 0. The topological polar surface area (TPSA) is 9.23 Å². The predicted molar refractivity (Wildman–Crippen MR) is 124 cm³/mol. The van der Waals surface area contributed by atoms with Crippen molar-refractivity contribution in [2.24, 2.45) is 35.5 Å². The molecule has 4 aliphatic carbocycles. The first-order chi connectivity index (χ1) is 12.4. The van der Waals surface area contributed by atoms with Gasteiger partial charge in [-0.05, 0) is 86.9 Å². The summed E-state index contributed by atoms with van der Waals surface area (Å²) in [7, 11) is 0. The molecule has 0 amide bonds. The monoisotopic (exact) mass is 480 g/mol. The van der Waals surface area contributed by atoms with Gasteiger partial charge in [0.1, 0.15) is 0 Å². The largest absolute Gasteiger partial charge is 4.00 e. The molecule has 0 aromatic rings. The zero-order valence-corrected chi connectivity index (χ0v) is 22.4. The predicted octanol–water partition coefficient (Wildman–Crippen LogP) is 8.51. The van der Waals surface area contributed by atoms with Gasteiger partial charge in [-0.15, -0.1) is 0 Å².